The number of nitrogens with one attached hydrogen (secondary N) is 1. The topological polar surface area (TPSA) is 81.7 Å². The first-order valence-electron chi connectivity index (χ1n) is 6.77. The summed E-state index contributed by atoms with van der Waals surface area (Å²) in [5.41, 5.74) is 1.24. The van der Waals surface area contributed by atoms with E-state index in [9.17, 15) is 17.6 Å². The molecule has 1 aromatic carbocycles. The fourth-order valence-corrected chi connectivity index (χ4v) is 2.57. The second-order valence-electron chi connectivity index (χ2n) is 5.18. The SMILES string of the molecule is CC(C(=O)NCCc1cc(F)cc2c1OCOC2)S(C)(=O)=O. The molecular formula is C14H18FNO5S. The van der Waals surface area contributed by atoms with E-state index in [1.54, 1.807) is 0 Å². The Morgan fingerprint density at radius 3 is 2.86 bits per heavy atom. The van der Waals surface area contributed by atoms with Crippen molar-refractivity contribution in [2.75, 3.05) is 19.6 Å². The molecule has 8 heteroatoms. The molecule has 2 rings (SSSR count). The summed E-state index contributed by atoms with van der Waals surface area (Å²) in [5.74, 6) is -0.409. The van der Waals surface area contributed by atoms with Crippen LogP contribution in [0.15, 0.2) is 12.1 Å². The van der Waals surface area contributed by atoms with Crippen molar-refractivity contribution in [2.24, 2.45) is 0 Å². The van der Waals surface area contributed by atoms with E-state index >= 15 is 0 Å². The van der Waals surface area contributed by atoms with E-state index in [4.69, 9.17) is 9.47 Å². The summed E-state index contributed by atoms with van der Waals surface area (Å²) in [6, 6.07) is 2.69. The summed E-state index contributed by atoms with van der Waals surface area (Å²) in [6.07, 6.45) is 1.34. The van der Waals surface area contributed by atoms with Crippen LogP contribution in [0.3, 0.4) is 0 Å². The largest absolute Gasteiger partial charge is 0.467 e. The van der Waals surface area contributed by atoms with Crippen molar-refractivity contribution in [2.45, 2.75) is 25.2 Å². The predicted octanol–water partition coefficient (Wildman–Crippen LogP) is 0.784. The number of carbonyl (C=O) groups is 1. The smallest absolute Gasteiger partial charge is 0.238 e. The zero-order valence-electron chi connectivity index (χ0n) is 12.4. The minimum atomic E-state index is -3.43. The zero-order chi connectivity index (χ0) is 16.3. The van der Waals surface area contributed by atoms with Gasteiger partial charge in [-0.05, 0) is 31.0 Å². The average molecular weight is 331 g/mol. The fraction of sp³-hybridized carbons (Fsp3) is 0.500. The Balaban J connectivity index is 2.01. The number of halogens is 1. The Hall–Kier alpha value is -1.67. The van der Waals surface area contributed by atoms with E-state index < -0.39 is 26.8 Å². The molecular weight excluding hydrogens is 313 g/mol. The Morgan fingerprint density at radius 2 is 2.18 bits per heavy atom. The van der Waals surface area contributed by atoms with Crippen LogP contribution in [0.2, 0.25) is 0 Å². The summed E-state index contributed by atoms with van der Waals surface area (Å²) in [6.45, 7) is 1.90. The molecule has 1 amide bonds. The minimum Gasteiger partial charge on any atom is -0.467 e. The van der Waals surface area contributed by atoms with E-state index in [1.807, 2.05) is 0 Å². The summed E-state index contributed by atoms with van der Waals surface area (Å²) in [7, 11) is -3.43. The van der Waals surface area contributed by atoms with Crippen LogP contribution in [-0.2, 0) is 32.4 Å². The lowest BCUT2D eigenvalue weighted by atomic mass is 10.1. The maximum Gasteiger partial charge on any atom is 0.238 e. The third-order valence-electron chi connectivity index (χ3n) is 3.46. The molecule has 1 heterocycles. The van der Waals surface area contributed by atoms with Gasteiger partial charge in [-0.15, -0.1) is 0 Å². The quantitative estimate of drug-likeness (QED) is 0.862. The molecule has 0 saturated heterocycles. The molecule has 1 unspecified atom stereocenters. The highest BCUT2D eigenvalue weighted by Crippen LogP contribution is 2.29. The lowest BCUT2D eigenvalue weighted by Crippen LogP contribution is -2.38. The van der Waals surface area contributed by atoms with Gasteiger partial charge in [0.2, 0.25) is 5.91 Å². The van der Waals surface area contributed by atoms with Gasteiger partial charge in [0.1, 0.15) is 16.8 Å². The standard InChI is InChI=1S/C14H18FNO5S/c1-9(22(2,18)19)14(17)16-4-3-10-5-12(15)6-11-7-20-8-21-13(10)11/h5-6,9H,3-4,7-8H2,1-2H3,(H,16,17). The van der Waals surface area contributed by atoms with Gasteiger partial charge in [-0.3, -0.25) is 4.79 Å². The first-order valence-corrected chi connectivity index (χ1v) is 8.73. The van der Waals surface area contributed by atoms with E-state index in [0.29, 0.717) is 23.3 Å². The lowest BCUT2D eigenvalue weighted by Gasteiger charge is -2.21. The number of fused-ring (bicyclic) bond motifs is 1. The second kappa shape index (κ2) is 6.62. The molecule has 0 aromatic heterocycles. The Labute approximate surface area is 128 Å². The van der Waals surface area contributed by atoms with Gasteiger partial charge < -0.3 is 14.8 Å². The molecule has 1 aliphatic rings. The average Bonchev–Trinajstić information content (AvgIpc) is 2.45. The first-order chi connectivity index (χ1) is 10.3. The lowest BCUT2D eigenvalue weighted by molar-refractivity contribution is -0.120. The van der Waals surface area contributed by atoms with Crippen LogP contribution in [0.1, 0.15) is 18.1 Å². The van der Waals surface area contributed by atoms with Gasteiger partial charge in [-0.25, -0.2) is 12.8 Å². The van der Waals surface area contributed by atoms with Crippen molar-refractivity contribution in [3.05, 3.63) is 29.1 Å². The van der Waals surface area contributed by atoms with E-state index in [1.165, 1.54) is 19.1 Å². The van der Waals surface area contributed by atoms with Crippen LogP contribution < -0.4 is 10.1 Å². The zero-order valence-corrected chi connectivity index (χ0v) is 13.2. The summed E-state index contributed by atoms with van der Waals surface area (Å²) < 4.78 is 46.6. The Kier molecular flexibility index (Phi) is 5.02. The van der Waals surface area contributed by atoms with Crippen LogP contribution >= 0.6 is 0 Å². The molecule has 0 spiro atoms. The molecule has 1 aliphatic heterocycles. The van der Waals surface area contributed by atoms with Gasteiger partial charge >= 0.3 is 0 Å². The predicted molar refractivity (Wildman–Crippen MR) is 77.7 cm³/mol. The number of sulfone groups is 1. The van der Waals surface area contributed by atoms with Crippen molar-refractivity contribution in [3.8, 4) is 5.75 Å². The van der Waals surface area contributed by atoms with Crippen LogP contribution in [0.25, 0.3) is 0 Å². The van der Waals surface area contributed by atoms with Crippen LogP contribution in [0, 0.1) is 5.82 Å². The molecule has 0 bridgehead atoms. The molecule has 6 nitrogen and oxygen atoms in total. The van der Waals surface area contributed by atoms with Crippen molar-refractivity contribution in [1.82, 2.24) is 5.32 Å². The van der Waals surface area contributed by atoms with E-state index in [2.05, 4.69) is 5.32 Å². The Bertz CT molecular complexity index is 674. The van der Waals surface area contributed by atoms with Crippen molar-refractivity contribution in [3.63, 3.8) is 0 Å². The van der Waals surface area contributed by atoms with Gasteiger partial charge in [-0.1, -0.05) is 0 Å². The maximum absolute atomic E-state index is 13.5. The molecule has 0 saturated carbocycles. The second-order valence-corrected chi connectivity index (χ2v) is 7.54. The molecule has 22 heavy (non-hydrogen) atoms. The van der Waals surface area contributed by atoms with Crippen LogP contribution in [0.4, 0.5) is 4.39 Å². The van der Waals surface area contributed by atoms with Gasteiger partial charge in [0.25, 0.3) is 0 Å². The van der Waals surface area contributed by atoms with Gasteiger partial charge in [0.05, 0.1) is 6.61 Å². The van der Waals surface area contributed by atoms with Crippen LogP contribution in [0.5, 0.6) is 5.75 Å². The fourth-order valence-electron chi connectivity index (χ4n) is 2.10. The highest BCUT2D eigenvalue weighted by molar-refractivity contribution is 7.92. The molecule has 0 radical (unpaired) electrons. The third kappa shape index (κ3) is 3.95. The summed E-state index contributed by atoms with van der Waals surface area (Å²) in [4.78, 5) is 11.7. The number of hydrogen-bond donors (Lipinski definition) is 1. The molecule has 1 atom stereocenters. The normalized spacial score (nSPS) is 15.6. The Morgan fingerprint density at radius 1 is 1.45 bits per heavy atom. The molecule has 0 aliphatic carbocycles. The highest BCUT2D eigenvalue weighted by Gasteiger charge is 2.23. The third-order valence-corrected chi connectivity index (χ3v) is 4.96. The van der Waals surface area contributed by atoms with Gasteiger partial charge in [-0.2, -0.15) is 0 Å². The molecule has 1 aromatic rings. The molecule has 1 N–H and O–H groups in total. The first kappa shape index (κ1) is 16.7. The molecule has 122 valence electrons. The van der Waals surface area contributed by atoms with Crippen LogP contribution in [-0.4, -0.2) is 39.2 Å². The minimum absolute atomic E-state index is 0.100. The number of hydrogen-bond acceptors (Lipinski definition) is 5. The van der Waals surface area contributed by atoms with E-state index in [0.717, 1.165) is 6.26 Å². The maximum atomic E-state index is 13.5. The van der Waals surface area contributed by atoms with Crippen molar-refractivity contribution < 1.29 is 27.1 Å². The summed E-state index contributed by atoms with van der Waals surface area (Å²) in [5, 5.41) is 1.42. The molecule has 0 fully saturated rings. The number of amides is 1. The van der Waals surface area contributed by atoms with Gasteiger partial charge in [0, 0.05) is 18.4 Å². The van der Waals surface area contributed by atoms with Crippen molar-refractivity contribution >= 4 is 15.7 Å². The van der Waals surface area contributed by atoms with E-state index in [-0.39, 0.29) is 19.9 Å². The van der Waals surface area contributed by atoms with Crippen molar-refractivity contribution in [1.29, 1.82) is 0 Å². The number of ether oxygens (including phenoxy) is 2. The number of carbonyl (C=O) groups excluding carboxylic acids is 1. The number of benzene rings is 1. The monoisotopic (exact) mass is 331 g/mol. The number of rotatable bonds is 5. The van der Waals surface area contributed by atoms with Gasteiger partial charge in [0.15, 0.2) is 16.6 Å². The summed E-state index contributed by atoms with van der Waals surface area (Å²) >= 11 is 0. The highest BCUT2D eigenvalue weighted by atomic mass is 32.2.